The summed E-state index contributed by atoms with van der Waals surface area (Å²) in [7, 11) is 0. The number of carbonyl (C=O) groups is 2. The Kier molecular flexibility index (Phi) is 4.98. The molecule has 5 heteroatoms. The number of benzene rings is 1. The number of hydrogen-bond acceptors (Lipinski definition) is 2. The van der Waals surface area contributed by atoms with E-state index >= 15 is 0 Å². The van der Waals surface area contributed by atoms with E-state index in [2.05, 4.69) is 10.3 Å². The van der Waals surface area contributed by atoms with Gasteiger partial charge in [-0.25, -0.2) is 0 Å². The Morgan fingerprint density at radius 3 is 2.81 bits per heavy atom. The molecule has 3 N–H and O–H groups in total. The van der Waals surface area contributed by atoms with E-state index in [-0.39, 0.29) is 18.4 Å². The number of carbonyl (C=O) groups excluding carboxylic acids is 1. The molecule has 1 aromatic heterocycles. The van der Waals surface area contributed by atoms with E-state index in [9.17, 15) is 9.59 Å². The molecule has 21 heavy (non-hydrogen) atoms. The summed E-state index contributed by atoms with van der Waals surface area (Å²) in [5.41, 5.74) is 2.20. The van der Waals surface area contributed by atoms with Crippen LogP contribution in [0.25, 0.3) is 10.9 Å². The van der Waals surface area contributed by atoms with E-state index in [1.807, 2.05) is 37.4 Å². The van der Waals surface area contributed by atoms with Gasteiger partial charge in [0.1, 0.15) is 0 Å². The van der Waals surface area contributed by atoms with E-state index in [1.165, 1.54) is 0 Å². The lowest BCUT2D eigenvalue weighted by molar-refractivity contribution is -0.137. The van der Waals surface area contributed by atoms with Crippen molar-refractivity contribution in [1.82, 2.24) is 10.3 Å². The monoisotopic (exact) mass is 288 g/mol. The topological polar surface area (TPSA) is 82.2 Å². The first-order valence-electron chi connectivity index (χ1n) is 7.12. The number of aromatic nitrogens is 1. The number of nitrogens with one attached hydrogen (secondary N) is 2. The van der Waals surface area contributed by atoms with Crippen LogP contribution in [0.1, 0.15) is 31.7 Å². The van der Waals surface area contributed by atoms with Gasteiger partial charge >= 0.3 is 5.97 Å². The molecule has 5 nitrogen and oxygen atoms in total. The van der Waals surface area contributed by atoms with Gasteiger partial charge in [-0.15, -0.1) is 0 Å². The van der Waals surface area contributed by atoms with Crippen LogP contribution in [0.5, 0.6) is 0 Å². The van der Waals surface area contributed by atoms with Crippen molar-refractivity contribution in [2.45, 2.75) is 38.6 Å². The van der Waals surface area contributed by atoms with Gasteiger partial charge < -0.3 is 15.4 Å². The van der Waals surface area contributed by atoms with Gasteiger partial charge in [0, 0.05) is 36.0 Å². The van der Waals surface area contributed by atoms with E-state index in [1.54, 1.807) is 0 Å². The summed E-state index contributed by atoms with van der Waals surface area (Å²) in [5, 5.41) is 12.6. The van der Waals surface area contributed by atoms with Crippen molar-refractivity contribution in [2.75, 3.05) is 0 Å². The number of H-pyrrole nitrogens is 1. The maximum atomic E-state index is 11.9. The summed E-state index contributed by atoms with van der Waals surface area (Å²) in [6.07, 6.45) is 3.53. The fourth-order valence-corrected chi connectivity index (χ4v) is 2.35. The van der Waals surface area contributed by atoms with Gasteiger partial charge in [0.05, 0.1) is 0 Å². The minimum Gasteiger partial charge on any atom is -0.481 e. The molecule has 0 saturated carbocycles. The van der Waals surface area contributed by atoms with Crippen molar-refractivity contribution >= 4 is 22.8 Å². The molecule has 1 aromatic carbocycles. The maximum absolute atomic E-state index is 11.9. The standard InChI is InChI=1S/C16H20N2O3/c1-11(6-9-16(20)21)18-15(19)8-7-12-10-17-14-5-3-2-4-13(12)14/h2-5,10-11,17H,6-9H2,1H3,(H,18,19)(H,20,21). The van der Waals surface area contributed by atoms with Crippen LogP contribution >= 0.6 is 0 Å². The molecular weight excluding hydrogens is 268 g/mol. The fourth-order valence-electron chi connectivity index (χ4n) is 2.35. The first-order valence-corrected chi connectivity index (χ1v) is 7.12. The molecule has 2 aromatic rings. The number of amides is 1. The summed E-state index contributed by atoms with van der Waals surface area (Å²) in [4.78, 5) is 25.5. The van der Waals surface area contributed by atoms with Crippen LogP contribution in [-0.4, -0.2) is 28.0 Å². The van der Waals surface area contributed by atoms with Crippen LogP contribution in [0.15, 0.2) is 30.5 Å². The summed E-state index contributed by atoms with van der Waals surface area (Å²) >= 11 is 0. The van der Waals surface area contributed by atoms with Gasteiger partial charge in [-0.1, -0.05) is 18.2 Å². The molecule has 1 amide bonds. The van der Waals surface area contributed by atoms with Crippen LogP contribution in [0.3, 0.4) is 0 Å². The second kappa shape index (κ2) is 6.92. The Bertz CT molecular complexity index is 633. The van der Waals surface area contributed by atoms with E-state index in [4.69, 9.17) is 5.11 Å². The number of rotatable bonds is 7. The third-order valence-electron chi connectivity index (χ3n) is 3.49. The highest BCUT2D eigenvalue weighted by molar-refractivity contribution is 5.84. The van der Waals surface area contributed by atoms with Gasteiger partial charge in [-0.3, -0.25) is 9.59 Å². The molecule has 1 unspecified atom stereocenters. The number of hydrogen-bond donors (Lipinski definition) is 3. The highest BCUT2D eigenvalue weighted by Crippen LogP contribution is 2.18. The number of aromatic amines is 1. The average Bonchev–Trinajstić information content (AvgIpc) is 2.86. The zero-order valence-electron chi connectivity index (χ0n) is 12.1. The molecule has 0 bridgehead atoms. The smallest absolute Gasteiger partial charge is 0.303 e. The summed E-state index contributed by atoms with van der Waals surface area (Å²) in [6.45, 7) is 1.83. The Morgan fingerprint density at radius 2 is 2.05 bits per heavy atom. The fraction of sp³-hybridized carbons (Fsp3) is 0.375. The Labute approximate surface area is 123 Å². The molecule has 0 radical (unpaired) electrons. The van der Waals surface area contributed by atoms with Gasteiger partial charge in [0.25, 0.3) is 0 Å². The summed E-state index contributed by atoms with van der Waals surface area (Å²) in [5.74, 6) is -0.881. The summed E-state index contributed by atoms with van der Waals surface area (Å²) in [6, 6.07) is 7.88. The van der Waals surface area contributed by atoms with Crippen molar-refractivity contribution < 1.29 is 14.7 Å². The largest absolute Gasteiger partial charge is 0.481 e. The van der Waals surface area contributed by atoms with E-state index < -0.39 is 5.97 Å². The van der Waals surface area contributed by atoms with Crippen LogP contribution in [0.2, 0.25) is 0 Å². The molecule has 0 aliphatic heterocycles. The minimum absolute atomic E-state index is 0.0434. The lowest BCUT2D eigenvalue weighted by Gasteiger charge is -2.12. The molecule has 0 spiro atoms. The molecule has 1 atom stereocenters. The highest BCUT2D eigenvalue weighted by Gasteiger charge is 2.10. The SMILES string of the molecule is CC(CCC(=O)O)NC(=O)CCc1c[nH]c2ccccc12. The van der Waals surface area contributed by atoms with Crippen molar-refractivity contribution in [3.8, 4) is 0 Å². The van der Waals surface area contributed by atoms with Crippen LogP contribution in [0.4, 0.5) is 0 Å². The zero-order valence-corrected chi connectivity index (χ0v) is 12.1. The third kappa shape index (κ3) is 4.34. The van der Waals surface area contributed by atoms with Crippen LogP contribution < -0.4 is 5.32 Å². The second-order valence-corrected chi connectivity index (χ2v) is 5.26. The number of carboxylic acids is 1. The minimum atomic E-state index is -0.838. The number of fused-ring (bicyclic) bond motifs is 1. The Hall–Kier alpha value is -2.30. The third-order valence-corrected chi connectivity index (χ3v) is 3.49. The molecule has 0 aliphatic rings. The van der Waals surface area contributed by atoms with Crippen molar-refractivity contribution in [2.24, 2.45) is 0 Å². The number of para-hydroxylation sites is 1. The van der Waals surface area contributed by atoms with Gasteiger partial charge in [-0.2, -0.15) is 0 Å². The molecule has 112 valence electrons. The predicted molar refractivity (Wildman–Crippen MR) is 81.1 cm³/mol. The molecule has 1 heterocycles. The van der Waals surface area contributed by atoms with E-state index in [0.29, 0.717) is 19.3 Å². The van der Waals surface area contributed by atoms with Crippen molar-refractivity contribution in [3.63, 3.8) is 0 Å². The number of carboxylic acid groups (broad SMARTS) is 1. The summed E-state index contributed by atoms with van der Waals surface area (Å²) < 4.78 is 0. The van der Waals surface area contributed by atoms with Gasteiger partial charge in [-0.05, 0) is 31.4 Å². The quantitative estimate of drug-likeness (QED) is 0.732. The lowest BCUT2D eigenvalue weighted by Crippen LogP contribution is -2.33. The molecule has 0 aliphatic carbocycles. The molecule has 0 saturated heterocycles. The normalized spacial score (nSPS) is 12.2. The second-order valence-electron chi connectivity index (χ2n) is 5.26. The molecule has 0 fully saturated rings. The van der Waals surface area contributed by atoms with Gasteiger partial charge in [0.15, 0.2) is 0 Å². The highest BCUT2D eigenvalue weighted by atomic mass is 16.4. The molecular formula is C16H20N2O3. The van der Waals surface area contributed by atoms with E-state index in [0.717, 1.165) is 16.5 Å². The van der Waals surface area contributed by atoms with Crippen LogP contribution in [-0.2, 0) is 16.0 Å². The predicted octanol–water partition coefficient (Wildman–Crippen LogP) is 2.47. The first kappa shape index (κ1) is 15.1. The van der Waals surface area contributed by atoms with Crippen molar-refractivity contribution in [1.29, 1.82) is 0 Å². The Morgan fingerprint density at radius 1 is 1.29 bits per heavy atom. The Balaban J connectivity index is 1.82. The van der Waals surface area contributed by atoms with Crippen molar-refractivity contribution in [3.05, 3.63) is 36.0 Å². The average molecular weight is 288 g/mol. The van der Waals surface area contributed by atoms with Gasteiger partial charge in [0.2, 0.25) is 5.91 Å². The molecule has 2 rings (SSSR count). The zero-order chi connectivity index (χ0) is 15.2. The maximum Gasteiger partial charge on any atom is 0.303 e. The van der Waals surface area contributed by atoms with Crippen LogP contribution in [0, 0.1) is 0 Å². The first-order chi connectivity index (χ1) is 10.1. The lowest BCUT2D eigenvalue weighted by atomic mass is 10.1. The number of aliphatic carboxylic acids is 1. The number of aryl methyl sites for hydroxylation is 1.